The fourth-order valence-corrected chi connectivity index (χ4v) is 3.83. The third-order valence-electron chi connectivity index (χ3n) is 5.54. The molecule has 1 aliphatic heterocycles. The number of carbonyl (C=O) groups excluding carboxylic acids is 1. The van der Waals surface area contributed by atoms with Crippen LogP contribution in [0.2, 0.25) is 0 Å². The van der Waals surface area contributed by atoms with Gasteiger partial charge in [0.2, 0.25) is 0 Å². The van der Waals surface area contributed by atoms with Crippen LogP contribution in [-0.2, 0) is 20.8 Å². The van der Waals surface area contributed by atoms with Gasteiger partial charge in [0.25, 0.3) is 11.2 Å². The SMILES string of the molecule is Cc1cn([C@H]2C[C@H](O)[C@@H](COC(=O)OCc3cccc4cccc([N+](=O)[O-])c34)O2)c(=O)[nH]c1=O. The summed E-state index contributed by atoms with van der Waals surface area (Å²) in [6.45, 7) is 0.925. The number of nitro groups is 1. The quantitative estimate of drug-likeness (QED) is 0.310. The molecule has 0 radical (unpaired) electrons. The summed E-state index contributed by atoms with van der Waals surface area (Å²) in [5.74, 6) is 0. The van der Waals surface area contributed by atoms with Crippen LogP contribution in [0.1, 0.15) is 23.8 Å². The van der Waals surface area contributed by atoms with Gasteiger partial charge in [0.05, 0.1) is 16.4 Å². The second-order valence-electron chi connectivity index (χ2n) is 7.81. The number of non-ortho nitro benzene ring substituents is 1. The van der Waals surface area contributed by atoms with E-state index in [1.165, 1.54) is 19.2 Å². The maximum absolute atomic E-state index is 12.1. The standard InChI is InChI=1S/C22H21N3O9/c1-12-9-24(21(28)23-20(12)27)18-8-16(26)17(34-18)11-33-22(29)32-10-14-6-2-4-13-5-3-7-15(19(13)14)25(30)31/h2-7,9,16-18,26H,8,10-11H2,1H3,(H,23,27,28)/t16-,17+,18+/m0/s1. The first kappa shape index (κ1) is 23.1. The lowest BCUT2D eigenvalue weighted by Crippen LogP contribution is -2.33. The summed E-state index contributed by atoms with van der Waals surface area (Å²) in [6, 6.07) is 9.68. The molecule has 0 spiro atoms. The number of aromatic nitrogens is 2. The van der Waals surface area contributed by atoms with Gasteiger partial charge >= 0.3 is 11.8 Å². The number of hydrogen-bond donors (Lipinski definition) is 2. The highest BCUT2D eigenvalue weighted by Gasteiger charge is 2.36. The summed E-state index contributed by atoms with van der Waals surface area (Å²) < 4.78 is 16.9. The van der Waals surface area contributed by atoms with Crippen LogP contribution in [0.25, 0.3) is 10.8 Å². The molecule has 2 aromatic carbocycles. The molecule has 1 aromatic heterocycles. The minimum Gasteiger partial charge on any atom is -0.431 e. The van der Waals surface area contributed by atoms with Gasteiger partial charge < -0.3 is 19.3 Å². The molecular weight excluding hydrogens is 450 g/mol. The minimum atomic E-state index is -1.05. The predicted molar refractivity (Wildman–Crippen MR) is 117 cm³/mol. The van der Waals surface area contributed by atoms with Crippen LogP contribution >= 0.6 is 0 Å². The van der Waals surface area contributed by atoms with Crippen LogP contribution in [-0.4, -0.2) is 44.6 Å². The molecule has 1 fully saturated rings. The Labute approximate surface area is 191 Å². The number of nitro benzene ring substituents is 1. The van der Waals surface area contributed by atoms with Crippen LogP contribution in [0.5, 0.6) is 0 Å². The van der Waals surface area contributed by atoms with Crippen molar-refractivity contribution in [1.29, 1.82) is 0 Å². The molecule has 0 aliphatic carbocycles. The number of fused-ring (bicyclic) bond motifs is 1. The van der Waals surface area contributed by atoms with Gasteiger partial charge in [0, 0.05) is 29.8 Å². The van der Waals surface area contributed by atoms with Crippen molar-refractivity contribution in [3.8, 4) is 0 Å². The number of ether oxygens (including phenoxy) is 3. The van der Waals surface area contributed by atoms with Gasteiger partial charge in [-0.25, -0.2) is 9.59 Å². The van der Waals surface area contributed by atoms with Crippen molar-refractivity contribution in [2.24, 2.45) is 0 Å². The third-order valence-corrected chi connectivity index (χ3v) is 5.54. The molecule has 0 saturated carbocycles. The molecule has 12 heteroatoms. The number of aryl methyl sites for hydroxylation is 1. The Hall–Kier alpha value is -4.03. The molecule has 2 N–H and O–H groups in total. The molecule has 3 aromatic rings. The molecule has 1 aliphatic rings. The lowest BCUT2D eigenvalue weighted by molar-refractivity contribution is -0.383. The van der Waals surface area contributed by atoms with E-state index in [1.54, 1.807) is 30.3 Å². The van der Waals surface area contributed by atoms with Crippen molar-refractivity contribution in [1.82, 2.24) is 9.55 Å². The molecule has 1 saturated heterocycles. The minimum absolute atomic E-state index is 0.0497. The molecule has 0 unspecified atom stereocenters. The number of benzene rings is 2. The number of rotatable bonds is 6. The zero-order chi connectivity index (χ0) is 24.4. The summed E-state index contributed by atoms with van der Waals surface area (Å²) in [4.78, 5) is 48.7. The Kier molecular flexibility index (Phi) is 6.43. The fraction of sp³-hybridized carbons (Fsp3) is 0.318. The first-order chi connectivity index (χ1) is 16.2. The lowest BCUT2D eigenvalue weighted by Gasteiger charge is -2.16. The average molecular weight is 471 g/mol. The van der Waals surface area contributed by atoms with E-state index in [0.29, 0.717) is 21.9 Å². The normalized spacial score (nSPS) is 19.8. The Morgan fingerprint density at radius 2 is 2.00 bits per heavy atom. The number of carbonyl (C=O) groups is 1. The first-order valence-electron chi connectivity index (χ1n) is 10.3. The number of aliphatic hydroxyl groups excluding tert-OH is 1. The van der Waals surface area contributed by atoms with Crippen molar-refractivity contribution in [3.05, 3.63) is 84.7 Å². The molecule has 3 atom stereocenters. The van der Waals surface area contributed by atoms with Gasteiger partial charge in [-0.15, -0.1) is 0 Å². The number of aliphatic hydroxyl groups is 1. The van der Waals surface area contributed by atoms with E-state index >= 15 is 0 Å². The number of nitrogens with zero attached hydrogens (tertiary/aromatic N) is 2. The van der Waals surface area contributed by atoms with E-state index in [0.717, 1.165) is 4.57 Å². The summed E-state index contributed by atoms with van der Waals surface area (Å²) in [7, 11) is 0. The topological polar surface area (TPSA) is 163 Å². The first-order valence-corrected chi connectivity index (χ1v) is 10.3. The molecular formula is C22H21N3O9. The van der Waals surface area contributed by atoms with E-state index in [2.05, 4.69) is 4.98 Å². The fourth-order valence-electron chi connectivity index (χ4n) is 3.83. The van der Waals surface area contributed by atoms with Crippen LogP contribution in [0.3, 0.4) is 0 Å². The third kappa shape index (κ3) is 4.67. The lowest BCUT2D eigenvalue weighted by atomic mass is 10.0. The van der Waals surface area contributed by atoms with Crippen LogP contribution in [0, 0.1) is 17.0 Å². The largest absolute Gasteiger partial charge is 0.508 e. The second kappa shape index (κ2) is 9.45. The Morgan fingerprint density at radius 1 is 1.26 bits per heavy atom. The van der Waals surface area contributed by atoms with E-state index in [4.69, 9.17) is 14.2 Å². The van der Waals surface area contributed by atoms with E-state index < -0.39 is 40.8 Å². The highest BCUT2D eigenvalue weighted by Crippen LogP contribution is 2.30. The summed E-state index contributed by atoms with van der Waals surface area (Å²) in [5, 5.41) is 22.6. The summed E-state index contributed by atoms with van der Waals surface area (Å²) in [5.41, 5.74) is -0.565. The zero-order valence-corrected chi connectivity index (χ0v) is 18.0. The maximum atomic E-state index is 12.1. The predicted octanol–water partition coefficient (Wildman–Crippen LogP) is 1.91. The van der Waals surface area contributed by atoms with Gasteiger partial charge in [-0.05, 0) is 12.3 Å². The molecule has 0 bridgehead atoms. The van der Waals surface area contributed by atoms with Gasteiger partial charge in [-0.1, -0.05) is 30.3 Å². The molecule has 12 nitrogen and oxygen atoms in total. The molecule has 178 valence electrons. The highest BCUT2D eigenvalue weighted by molar-refractivity contribution is 5.93. The maximum Gasteiger partial charge on any atom is 0.508 e. The van der Waals surface area contributed by atoms with Crippen LogP contribution < -0.4 is 11.2 Å². The van der Waals surface area contributed by atoms with Crippen molar-refractivity contribution >= 4 is 22.6 Å². The highest BCUT2D eigenvalue weighted by atomic mass is 16.7. The van der Waals surface area contributed by atoms with E-state index in [1.807, 2.05) is 0 Å². The van der Waals surface area contributed by atoms with Crippen LogP contribution in [0.4, 0.5) is 10.5 Å². The number of aromatic amines is 1. The van der Waals surface area contributed by atoms with Crippen molar-refractivity contribution in [2.45, 2.75) is 38.4 Å². The Morgan fingerprint density at radius 3 is 2.74 bits per heavy atom. The average Bonchev–Trinajstić information content (AvgIpc) is 3.18. The van der Waals surface area contributed by atoms with Gasteiger partial charge in [0.1, 0.15) is 25.5 Å². The second-order valence-corrected chi connectivity index (χ2v) is 7.81. The number of H-pyrrole nitrogens is 1. The van der Waals surface area contributed by atoms with Crippen molar-refractivity contribution in [3.63, 3.8) is 0 Å². The molecule has 2 heterocycles. The molecule has 4 rings (SSSR count). The van der Waals surface area contributed by atoms with Crippen molar-refractivity contribution < 1.29 is 29.0 Å². The van der Waals surface area contributed by atoms with E-state index in [-0.39, 0.29) is 25.3 Å². The molecule has 34 heavy (non-hydrogen) atoms. The zero-order valence-electron chi connectivity index (χ0n) is 18.0. The van der Waals surface area contributed by atoms with Crippen LogP contribution in [0.15, 0.2) is 52.2 Å². The summed E-state index contributed by atoms with van der Waals surface area (Å²) >= 11 is 0. The van der Waals surface area contributed by atoms with Gasteiger partial charge in [0.15, 0.2) is 0 Å². The number of nitrogens with one attached hydrogen (secondary N) is 1. The van der Waals surface area contributed by atoms with Gasteiger partial charge in [-0.2, -0.15) is 0 Å². The number of hydrogen-bond acceptors (Lipinski definition) is 9. The Bertz CT molecular complexity index is 1360. The van der Waals surface area contributed by atoms with E-state index in [9.17, 15) is 29.6 Å². The van der Waals surface area contributed by atoms with Gasteiger partial charge in [-0.3, -0.25) is 24.5 Å². The molecule has 0 amide bonds. The Balaban J connectivity index is 1.37. The monoisotopic (exact) mass is 471 g/mol. The van der Waals surface area contributed by atoms with Crippen molar-refractivity contribution in [2.75, 3.05) is 6.61 Å². The smallest absolute Gasteiger partial charge is 0.431 e. The summed E-state index contributed by atoms with van der Waals surface area (Å²) in [6.07, 6.45) is -2.47.